The lowest BCUT2D eigenvalue weighted by molar-refractivity contribution is 0.277. The molecule has 2 N–H and O–H groups in total. The Labute approximate surface area is 116 Å². The van der Waals surface area contributed by atoms with Crippen molar-refractivity contribution in [3.8, 4) is 0 Å². The summed E-state index contributed by atoms with van der Waals surface area (Å²) in [6, 6.07) is 0. The van der Waals surface area contributed by atoms with E-state index >= 15 is 0 Å². The van der Waals surface area contributed by atoms with Gasteiger partial charge in [-0.2, -0.15) is 0 Å². The van der Waals surface area contributed by atoms with Crippen LogP contribution in [0.2, 0.25) is 0 Å². The maximum absolute atomic E-state index is 9.01. The molecule has 0 saturated heterocycles. The first-order chi connectivity index (χ1) is 8.94. The van der Waals surface area contributed by atoms with Gasteiger partial charge in [0.25, 0.3) is 0 Å². The molecule has 0 amide bonds. The summed E-state index contributed by atoms with van der Waals surface area (Å²) in [7, 11) is 0. The summed E-state index contributed by atoms with van der Waals surface area (Å²) in [5.74, 6) is 0.838. The molecule has 0 fully saturated rings. The van der Waals surface area contributed by atoms with Crippen molar-refractivity contribution in [3.05, 3.63) is 33.1 Å². The van der Waals surface area contributed by atoms with Gasteiger partial charge in [0.15, 0.2) is 0 Å². The average Bonchev–Trinajstić information content (AvgIpc) is 2.94. The fourth-order valence-electron chi connectivity index (χ4n) is 2.26. The molecule has 6 heteroatoms. The van der Waals surface area contributed by atoms with E-state index in [1.807, 2.05) is 19.2 Å². The van der Waals surface area contributed by atoms with Gasteiger partial charge in [0, 0.05) is 23.0 Å². The number of aryl methyl sites for hydroxylation is 2. The van der Waals surface area contributed by atoms with Crippen molar-refractivity contribution in [2.24, 2.45) is 0 Å². The van der Waals surface area contributed by atoms with Gasteiger partial charge < -0.3 is 14.9 Å². The highest BCUT2D eigenvalue weighted by molar-refractivity contribution is 7.09. The normalized spacial score (nSPS) is 12.1. The molecule has 2 heterocycles. The number of aromatic nitrogens is 2. The minimum absolute atomic E-state index is 0.0102. The topological polar surface area (TPSA) is 71.2 Å². The van der Waals surface area contributed by atoms with Crippen LogP contribution in [-0.4, -0.2) is 15.2 Å². The summed E-state index contributed by atoms with van der Waals surface area (Å²) < 4.78 is 5.22. The third-order valence-corrected chi connectivity index (χ3v) is 4.00. The third-order valence-electron chi connectivity index (χ3n) is 3.10. The quantitative estimate of drug-likeness (QED) is 0.879. The van der Waals surface area contributed by atoms with Gasteiger partial charge >= 0.3 is 0 Å². The molecule has 0 saturated carbocycles. The Bertz CT molecular complexity index is 540. The summed E-state index contributed by atoms with van der Waals surface area (Å²) in [5.41, 5.74) is 2.48. The Morgan fingerprint density at radius 1 is 1.42 bits per heavy atom. The van der Waals surface area contributed by atoms with Gasteiger partial charge in [0.2, 0.25) is 0 Å². The van der Waals surface area contributed by atoms with E-state index in [4.69, 9.17) is 9.63 Å². The van der Waals surface area contributed by atoms with Gasteiger partial charge in [-0.1, -0.05) is 5.16 Å². The minimum atomic E-state index is -0.237. The molecular formula is C13H19N3O2S. The van der Waals surface area contributed by atoms with Crippen LogP contribution >= 0.6 is 11.3 Å². The Morgan fingerprint density at radius 3 is 2.68 bits per heavy atom. The number of hydrogen-bond donors (Lipinski definition) is 2. The van der Waals surface area contributed by atoms with E-state index in [9.17, 15) is 0 Å². The van der Waals surface area contributed by atoms with Crippen LogP contribution in [-0.2, 0) is 18.7 Å². The number of aliphatic hydroxyl groups is 1. The SMILES string of the molecule is Cc1noc(C)c1C(C)(C)NCc1nc(CO)cs1. The second-order valence-electron chi connectivity index (χ2n) is 5.07. The molecule has 0 radical (unpaired) electrons. The van der Waals surface area contributed by atoms with Crippen molar-refractivity contribution in [2.75, 3.05) is 0 Å². The van der Waals surface area contributed by atoms with Crippen LogP contribution in [0.25, 0.3) is 0 Å². The van der Waals surface area contributed by atoms with Gasteiger partial charge in [-0.05, 0) is 27.7 Å². The van der Waals surface area contributed by atoms with E-state index in [-0.39, 0.29) is 12.1 Å². The van der Waals surface area contributed by atoms with Crippen molar-refractivity contribution >= 4 is 11.3 Å². The van der Waals surface area contributed by atoms with E-state index in [1.165, 1.54) is 0 Å². The summed E-state index contributed by atoms with van der Waals surface area (Å²) in [5, 5.41) is 19.3. The lowest BCUT2D eigenvalue weighted by Gasteiger charge is -2.26. The summed E-state index contributed by atoms with van der Waals surface area (Å²) in [6.07, 6.45) is 0. The van der Waals surface area contributed by atoms with Crippen molar-refractivity contribution < 1.29 is 9.63 Å². The standard InChI is InChI=1S/C13H19N3O2S/c1-8-12(9(2)18-16-8)13(3,4)14-5-11-15-10(6-17)7-19-11/h7,14,17H,5-6H2,1-4H3. The fourth-order valence-corrected chi connectivity index (χ4v) is 2.99. The first-order valence-corrected chi connectivity index (χ1v) is 7.04. The molecule has 0 spiro atoms. The molecule has 0 aromatic carbocycles. The van der Waals surface area contributed by atoms with E-state index in [0.29, 0.717) is 6.54 Å². The monoisotopic (exact) mass is 281 g/mol. The molecule has 0 aliphatic carbocycles. The number of thiazole rings is 1. The van der Waals surface area contributed by atoms with Gasteiger partial charge in [0.05, 0.1) is 18.0 Å². The van der Waals surface area contributed by atoms with Crippen LogP contribution in [0.3, 0.4) is 0 Å². The fraction of sp³-hybridized carbons (Fsp3) is 0.538. The maximum Gasteiger partial charge on any atom is 0.138 e. The molecule has 2 aromatic rings. The van der Waals surface area contributed by atoms with Crippen LogP contribution < -0.4 is 5.32 Å². The maximum atomic E-state index is 9.01. The zero-order valence-corrected chi connectivity index (χ0v) is 12.5. The van der Waals surface area contributed by atoms with E-state index in [2.05, 4.69) is 29.3 Å². The van der Waals surface area contributed by atoms with E-state index in [1.54, 1.807) is 11.3 Å². The molecule has 0 bridgehead atoms. The molecule has 2 rings (SSSR count). The Morgan fingerprint density at radius 2 is 2.16 bits per heavy atom. The van der Waals surface area contributed by atoms with Crippen LogP contribution in [0.4, 0.5) is 0 Å². The zero-order chi connectivity index (χ0) is 14.0. The molecule has 5 nitrogen and oxygen atoms in total. The highest BCUT2D eigenvalue weighted by atomic mass is 32.1. The smallest absolute Gasteiger partial charge is 0.138 e. The van der Waals surface area contributed by atoms with Crippen molar-refractivity contribution in [2.45, 2.75) is 46.4 Å². The zero-order valence-electron chi connectivity index (χ0n) is 11.6. The van der Waals surface area contributed by atoms with Gasteiger partial charge in [-0.3, -0.25) is 0 Å². The highest BCUT2D eigenvalue weighted by Crippen LogP contribution is 2.27. The minimum Gasteiger partial charge on any atom is -0.390 e. The third kappa shape index (κ3) is 3.02. The summed E-state index contributed by atoms with van der Waals surface area (Å²) in [6.45, 7) is 8.71. The number of rotatable bonds is 5. The Hall–Kier alpha value is -1.24. The number of aliphatic hydroxyl groups excluding tert-OH is 1. The van der Waals surface area contributed by atoms with Crippen LogP contribution in [0.15, 0.2) is 9.90 Å². The van der Waals surface area contributed by atoms with Gasteiger partial charge in [0.1, 0.15) is 10.8 Å². The Balaban J connectivity index is 2.09. The number of nitrogens with one attached hydrogen (secondary N) is 1. The molecule has 0 unspecified atom stereocenters. The average molecular weight is 281 g/mol. The molecular weight excluding hydrogens is 262 g/mol. The van der Waals surface area contributed by atoms with Crippen LogP contribution in [0.5, 0.6) is 0 Å². The lowest BCUT2D eigenvalue weighted by Crippen LogP contribution is -2.36. The first-order valence-electron chi connectivity index (χ1n) is 6.16. The molecule has 0 aliphatic rings. The molecule has 2 aromatic heterocycles. The van der Waals surface area contributed by atoms with Crippen LogP contribution in [0.1, 0.15) is 41.6 Å². The predicted octanol–water partition coefficient (Wildman–Crippen LogP) is 2.27. The first kappa shape index (κ1) is 14.2. The largest absolute Gasteiger partial charge is 0.390 e. The second-order valence-corrected chi connectivity index (χ2v) is 6.01. The predicted molar refractivity (Wildman–Crippen MR) is 73.9 cm³/mol. The summed E-state index contributed by atoms with van der Waals surface area (Å²) >= 11 is 1.55. The molecule has 104 valence electrons. The number of nitrogens with zero attached hydrogens (tertiary/aromatic N) is 2. The van der Waals surface area contributed by atoms with Crippen molar-refractivity contribution in [1.29, 1.82) is 0 Å². The highest BCUT2D eigenvalue weighted by Gasteiger charge is 2.27. The van der Waals surface area contributed by atoms with Crippen molar-refractivity contribution in [1.82, 2.24) is 15.5 Å². The molecule has 19 heavy (non-hydrogen) atoms. The van der Waals surface area contributed by atoms with Gasteiger partial charge in [-0.25, -0.2) is 4.98 Å². The van der Waals surface area contributed by atoms with Crippen LogP contribution in [0, 0.1) is 13.8 Å². The van der Waals surface area contributed by atoms with E-state index in [0.717, 1.165) is 27.7 Å². The number of hydrogen-bond acceptors (Lipinski definition) is 6. The molecule has 0 aliphatic heterocycles. The Kier molecular flexibility index (Phi) is 4.03. The lowest BCUT2D eigenvalue weighted by atomic mass is 9.93. The van der Waals surface area contributed by atoms with Crippen molar-refractivity contribution in [3.63, 3.8) is 0 Å². The van der Waals surface area contributed by atoms with E-state index < -0.39 is 0 Å². The summed E-state index contributed by atoms with van der Waals surface area (Å²) in [4.78, 5) is 4.32. The second kappa shape index (κ2) is 5.40. The van der Waals surface area contributed by atoms with Gasteiger partial charge in [-0.15, -0.1) is 11.3 Å². The molecule has 0 atom stereocenters.